The predicted octanol–water partition coefficient (Wildman–Crippen LogP) is 1.28. The first kappa shape index (κ1) is 20.4. The highest BCUT2D eigenvalue weighted by atomic mass is 79.9. The van der Waals surface area contributed by atoms with Gasteiger partial charge in [0.25, 0.3) is 0 Å². The molecule has 2 amide bonds. The second-order valence-electron chi connectivity index (χ2n) is 4.35. The molecule has 0 radical (unpaired) electrons. The Balaban J connectivity index is 0. The van der Waals surface area contributed by atoms with Crippen LogP contribution in [0.25, 0.3) is 0 Å². The van der Waals surface area contributed by atoms with Crippen LogP contribution in [0.4, 0.5) is 0 Å². The average Bonchev–Trinajstić information content (AvgIpc) is 2.39. The minimum absolute atomic E-state index is 0. The molecule has 0 aromatic heterocycles. The lowest BCUT2D eigenvalue weighted by molar-refractivity contribution is -0.125. The minimum Gasteiger partial charge on any atom is -0.356 e. The maximum atomic E-state index is 11.8. The molecule has 0 aliphatic carbocycles. The quantitative estimate of drug-likeness (QED) is 0.555. The van der Waals surface area contributed by atoms with Crippen molar-refractivity contribution in [3.05, 3.63) is 12.7 Å². The fourth-order valence-corrected chi connectivity index (χ4v) is 1.38. The number of hydrogen-bond donors (Lipinski definition) is 3. The molecule has 6 heteroatoms. The Kier molecular flexibility index (Phi) is 11.8. The zero-order chi connectivity index (χ0) is 14.0. The molecule has 1 atom stereocenters. The molecule has 0 bridgehead atoms. The van der Waals surface area contributed by atoms with E-state index in [4.69, 9.17) is 5.73 Å². The Morgan fingerprint density at radius 1 is 1.21 bits per heavy atom. The number of halogens is 1. The molecule has 0 aromatic rings. The molecule has 0 aliphatic rings. The topological polar surface area (TPSA) is 84.2 Å². The first-order valence-corrected chi connectivity index (χ1v) is 6.47. The Morgan fingerprint density at radius 2 is 1.74 bits per heavy atom. The van der Waals surface area contributed by atoms with Crippen LogP contribution in [0.1, 0.15) is 39.5 Å². The molecule has 19 heavy (non-hydrogen) atoms. The number of amides is 2. The molecule has 0 rings (SSSR count). The molecule has 0 heterocycles. The highest BCUT2D eigenvalue weighted by Gasteiger charge is 2.30. The Morgan fingerprint density at radius 3 is 2.21 bits per heavy atom. The van der Waals surface area contributed by atoms with Crippen LogP contribution in [-0.4, -0.2) is 30.4 Å². The average molecular weight is 336 g/mol. The molecule has 0 saturated carbocycles. The van der Waals surface area contributed by atoms with E-state index in [-0.39, 0.29) is 41.6 Å². The van der Waals surface area contributed by atoms with E-state index in [1.165, 1.54) is 6.08 Å². The summed E-state index contributed by atoms with van der Waals surface area (Å²) in [5.74, 6) is -0.362. The van der Waals surface area contributed by atoms with Crippen LogP contribution in [0, 0.1) is 0 Å². The SMILES string of the molecule is Br.C=CC(N)(CCC(=O)NCCC)C(=O)NCCC. The van der Waals surface area contributed by atoms with E-state index in [1.807, 2.05) is 13.8 Å². The lowest BCUT2D eigenvalue weighted by Crippen LogP contribution is -2.53. The van der Waals surface area contributed by atoms with E-state index in [0.717, 1.165) is 12.8 Å². The van der Waals surface area contributed by atoms with Crippen LogP contribution < -0.4 is 16.4 Å². The van der Waals surface area contributed by atoms with Crippen molar-refractivity contribution in [2.45, 2.75) is 45.1 Å². The maximum Gasteiger partial charge on any atom is 0.244 e. The molecule has 0 aromatic carbocycles. The third-order valence-electron chi connectivity index (χ3n) is 2.66. The lowest BCUT2D eigenvalue weighted by atomic mass is 9.93. The van der Waals surface area contributed by atoms with Crippen LogP contribution in [0.15, 0.2) is 12.7 Å². The Labute approximate surface area is 126 Å². The molecule has 0 saturated heterocycles. The van der Waals surface area contributed by atoms with Gasteiger partial charge in [-0.3, -0.25) is 9.59 Å². The zero-order valence-electron chi connectivity index (χ0n) is 11.8. The van der Waals surface area contributed by atoms with E-state index in [0.29, 0.717) is 13.1 Å². The number of nitrogens with one attached hydrogen (secondary N) is 2. The van der Waals surface area contributed by atoms with Crippen molar-refractivity contribution in [3.63, 3.8) is 0 Å². The van der Waals surface area contributed by atoms with Gasteiger partial charge in [-0.1, -0.05) is 19.9 Å². The van der Waals surface area contributed by atoms with Crippen molar-refractivity contribution in [3.8, 4) is 0 Å². The summed E-state index contributed by atoms with van der Waals surface area (Å²) in [5, 5.41) is 5.47. The smallest absolute Gasteiger partial charge is 0.244 e. The van der Waals surface area contributed by atoms with Crippen molar-refractivity contribution in [1.82, 2.24) is 10.6 Å². The summed E-state index contributed by atoms with van der Waals surface area (Å²) in [6, 6.07) is 0. The van der Waals surface area contributed by atoms with E-state index in [1.54, 1.807) is 0 Å². The van der Waals surface area contributed by atoms with E-state index in [9.17, 15) is 9.59 Å². The van der Waals surface area contributed by atoms with E-state index >= 15 is 0 Å². The maximum absolute atomic E-state index is 11.8. The number of nitrogens with two attached hydrogens (primary N) is 1. The first-order chi connectivity index (χ1) is 8.50. The molecule has 112 valence electrons. The van der Waals surface area contributed by atoms with E-state index < -0.39 is 5.54 Å². The van der Waals surface area contributed by atoms with Gasteiger partial charge in [-0.15, -0.1) is 23.6 Å². The van der Waals surface area contributed by atoms with Gasteiger partial charge in [0, 0.05) is 19.5 Å². The number of carbonyl (C=O) groups is 2. The fourth-order valence-electron chi connectivity index (χ4n) is 1.38. The minimum atomic E-state index is -1.17. The van der Waals surface area contributed by atoms with E-state index in [2.05, 4.69) is 17.2 Å². The van der Waals surface area contributed by atoms with Gasteiger partial charge in [0.2, 0.25) is 11.8 Å². The summed E-state index contributed by atoms with van der Waals surface area (Å²) in [6.45, 7) is 8.75. The van der Waals surface area contributed by atoms with Gasteiger partial charge < -0.3 is 16.4 Å². The largest absolute Gasteiger partial charge is 0.356 e. The standard InChI is InChI=1S/C13H25N3O2.BrH/c1-4-9-15-11(17)7-8-13(14,6-3)12(18)16-10-5-2;/h6H,3-5,7-10,14H2,1-2H3,(H,15,17)(H,16,18);1H. The van der Waals surface area contributed by atoms with Crippen LogP contribution in [0.5, 0.6) is 0 Å². The third kappa shape index (κ3) is 8.00. The second kappa shape index (κ2) is 11.0. The van der Waals surface area contributed by atoms with Crippen LogP contribution in [-0.2, 0) is 9.59 Å². The van der Waals surface area contributed by atoms with Crippen molar-refractivity contribution >= 4 is 28.8 Å². The lowest BCUT2D eigenvalue weighted by Gasteiger charge is -2.24. The highest BCUT2D eigenvalue weighted by Crippen LogP contribution is 2.11. The number of carbonyl (C=O) groups excluding carboxylic acids is 2. The van der Waals surface area contributed by atoms with Gasteiger partial charge in [-0.05, 0) is 19.3 Å². The van der Waals surface area contributed by atoms with Gasteiger partial charge in [0.1, 0.15) is 5.54 Å². The van der Waals surface area contributed by atoms with Gasteiger partial charge in [-0.2, -0.15) is 0 Å². The first-order valence-electron chi connectivity index (χ1n) is 6.47. The Bertz CT molecular complexity index is 298. The van der Waals surface area contributed by atoms with Crippen molar-refractivity contribution < 1.29 is 9.59 Å². The molecule has 4 N–H and O–H groups in total. The molecular formula is C13H26BrN3O2. The third-order valence-corrected chi connectivity index (χ3v) is 2.66. The number of hydrogen-bond acceptors (Lipinski definition) is 3. The monoisotopic (exact) mass is 335 g/mol. The van der Waals surface area contributed by atoms with Crippen LogP contribution in [0.3, 0.4) is 0 Å². The van der Waals surface area contributed by atoms with Gasteiger partial charge in [0.05, 0.1) is 0 Å². The fraction of sp³-hybridized carbons (Fsp3) is 0.692. The van der Waals surface area contributed by atoms with Crippen molar-refractivity contribution in [1.29, 1.82) is 0 Å². The van der Waals surface area contributed by atoms with Crippen molar-refractivity contribution in [2.24, 2.45) is 5.73 Å². The van der Waals surface area contributed by atoms with Crippen LogP contribution in [0.2, 0.25) is 0 Å². The normalized spacial score (nSPS) is 12.8. The van der Waals surface area contributed by atoms with Gasteiger partial charge in [-0.25, -0.2) is 0 Å². The summed E-state index contributed by atoms with van der Waals surface area (Å²) in [7, 11) is 0. The molecule has 0 aliphatic heterocycles. The Hall–Kier alpha value is -0.880. The molecule has 0 spiro atoms. The summed E-state index contributed by atoms with van der Waals surface area (Å²) in [5.41, 5.74) is 4.78. The van der Waals surface area contributed by atoms with Gasteiger partial charge >= 0.3 is 0 Å². The summed E-state index contributed by atoms with van der Waals surface area (Å²) < 4.78 is 0. The van der Waals surface area contributed by atoms with Crippen LogP contribution >= 0.6 is 17.0 Å². The summed E-state index contributed by atoms with van der Waals surface area (Å²) in [4.78, 5) is 23.3. The number of rotatable bonds is 9. The molecule has 1 unspecified atom stereocenters. The molecule has 5 nitrogen and oxygen atoms in total. The van der Waals surface area contributed by atoms with Gasteiger partial charge in [0.15, 0.2) is 0 Å². The molecule has 0 fully saturated rings. The highest BCUT2D eigenvalue weighted by molar-refractivity contribution is 8.93. The van der Waals surface area contributed by atoms with Crippen molar-refractivity contribution in [2.75, 3.05) is 13.1 Å². The summed E-state index contributed by atoms with van der Waals surface area (Å²) in [6.07, 6.45) is 3.63. The second-order valence-corrected chi connectivity index (χ2v) is 4.35. The summed E-state index contributed by atoms with van der Waals surface area (Å²) >= 11 is 0. The molecular weight excluding hydrogens is 310 g/mol. The predicted molar refractivity (Wildman–Crippen MR) is 83.3 cm³/mol. The zero-order valence-corrected chi connectivity index (χ0v) is 13.5.